The van der Waals surface area contributed by atoms with E-state index in [1.165, 1.54) is 10.4 Å². The quantitative estimate of drug-likeness (QED) is 0.629. The smallest absolute Gasteiger partial charge is 0.220 e. The van der Waals surface area contributed by atoms with Crippen LogP contribution in [0.3, 0.4) is 0 Å². The van der Waals surface area contributed by atoms with Crippen molar-refractivity contribution in [3.63, 3.8) is 0 Å². The van der Waals surface area contributed by atoms with Crippen molar-refractivity contribution in [3.8, 4) is 0 Å². The molecule has 3 N–H and O–H groups in total. The number of aromatic nitrogens is 2. The third kappa shape index (κ3) is 3.93. The van der Waals surface area contributed by atoms with Gasteiger partial charge in [0.25, 0.3) is 0 Å². The molecule has 0 spiro atoms. The molecule has 21 heavy (non-hydrogen) atoms. The van der Waals surface area contributed by atoms with E-state index >= 15 is 0 Å². The largest absolute Gasteiger partial charge is 0.355 e. The van der Waals surface area contributed by atoms with Gasteiger partial charge < -0.3 is 11.1 Å². The number of amides is 1. The van der Waals surface area contributed by atoms with Crippen molar-refractivity contribution >= 4 is 39.2 Å². The lowest BCUT2D eigenvalue weighted by Crippen LogP contribution is -2.29. The van der Waals surface area contributed by atoms with E-state index in [-0.39, 0.29) is 5.91 Å². The second kappa shape index (κ2) is 7.20. The number of carbonyl (C=O) groups is 1. The molecule has 0 unspecified atom stereocenters. The lowest BCUT2D eigenvalue weighted by molar-refractivity contribution is -0.120. The van der Waals surface area contributed by atoms with Crippen molar-refractivity contribution in [1.82, 2.24) is 15.3 Å². The van der Waals surface area contributed by atoms with Gasteiger partial charge in [0, 0.05) is 35.5 Å². The Morgan fingerprint density at radius 2 is 2.10 bits per heavy atom. The molecular weight excluding hydrogens is 304 g/mol. The molecule has 7 heteroatoms. The normalized spacial score (nSPS) is 11.0. The Labute approximate surface area is 132 Å². The monoisotopic (exact) mass is 324 g/mol. The van der Waals surface area contributed by atoms with E-state index in [9.17, 15) is 4.79 Å². The number of nitrogens with one attached hydrogen (secondary N) is 1. The second-order valence-corrected chi connectivity index (χ2v) is 7.06. The van der Waals surface area contributed by atoms with E-state index in [1.807, 2.05) is 6.92 Å². The van der Waals surface area contributed by atoms with E-state index in [0.717, 1.165) is 21.1 Å². The molecule has 5 nitrogen and oxygen atoms in total. The Kier molecular flexibility index (Phi) is 5.55. The number of carbonyl (C=O) groups excluding carboxylic acids is 1. The minimum Gasteiger partial charge on any atom is -0.355 e. The summed E-state index contributed by atoms with van der Waals surface area (Å²) in [6.45, 7) is 7.11. The SMILES string of the molecule is Cc1nc(SCCC(=O)NCCN)c2c(C)c(C)sc2n1. The molecule has 1 amide bonds. The van der Waals surface area contributed by atoms with Crippen LogP contribution in [0.25, 0.3) is 10.2 Å². The van der Waals surface area contributed by atoms with E-state index in [0.29, 0.717) is 25.3 Å². The van der Waals surface area contributed by atoms with Gasteiger partial charge in [0.2, 0.25) is 5.91 Å². The molecule has 0 saturated heterocycles. The highest BCUT2D eigenvalue weighted by atomic mass is 32.2. The van der Waals surface area contributed by atoms with Crippen molar-refractivity contribution in [3.05, 3.63) is 16.3 Å². The molecule has 2 aromatic rings. The summed E-state index contributed by atoms with van der Waals surface area (Å²) in [6, 6.07) is 0. The van der Waals surface area contributed by atoms with E-state index in [4.69, 9.17) is 5.73 Å². The molecule has 0 bridgehead atoms. The van der Waals surface area contributed by atoms with Gasteiger partial charge in [-0.15, -0.1) is 23.1 Å². The standard InChI is InChI=1S/C14H20N4OS2/c1-8-9(2)21-14-12(8)13(17-10(3)18-14)20-7-4-11(19)16-6-5-15/h4-7,15H2,1-3H3,(H,16,19). The molecule has 2 heterocycles. The molecule has 0 aliphatic carbocycles. The number of hydrogen-bond donors (Lipinski definition) is 2. The highest BCUT2D eigenvalue weighted by Crippen LogP contribution is 2.35. The zero-order chi connectivity index (χ0) is 15.4. The predicted octanol–water partition coefficient (Wildman–Crippen LogP) is 2.17. The topological polar surface area (TPSA) is 80.9 Å². The number of nitrogens with two attached hydrogens (primary N) is 1. The zero-order valence-corrected chi connectivity index (χ0v) is 14.2. The van der Waals surface area contributed by atoms with Gasteiger partial charge in [0.1, 0.15) is 15.7 Å². The van der Waals surface area contributed by atoms with Gasteiger partial charge in [0.05, 0.1) is 0 Å². The van der Waals surface area contributed by atoms with Crippen LogP contribution < -0.4 is 11.1 Å². The molecule has 114 valence electrons. The number of nitrogens with zero attached hydrogens (tertiary/aromatic N) is 2. The number of rotatable bonds is 6. The highest BCUT2D eigenvalue weighted by Gasteiger charge is 2.14. The predicted molar refractivity (Wildman–Crippen MR) is 89.0 cm³/mol. The van der Waals surface area contributed by atoms with Crippen LogP contribution in [0.2, 0.25) is 0 Å². The lowest BCUT2D eigenvalue weighted by Gasteiger charge is -2.06. The van der Waals surface area contributed by atoms with Crippen molar-refractivity contribution in [2.75, 3.05) is 18.8 Å². The summed E-state index contributed by atoms with van der Waals surface area (Å²) in [5.41, 5.74) is 6.60. The van der Waals surface area contributed by atoms with Gasteiger partial charge in [0.15, 0.2) is 0 Å². The lowest BCUT2D eigenvalue weighted by atomic mass is 10.2. The van der Waals surface area contributed by atoms with Crippen LogP contribution in [0, 0.1) is 20.8 Å². The molecule has 0 saturated carbocycles. The molecule has 2 rings (SSSR count). The van der Waals surface area contributed by atoms with Gasteiger partial charge in [-0.2, -0.15) is 0 Å². The number of aryl methyl sites for hydroxylation is 3. The first kappa shape index (κ1) is 16.2. The molecule has 0 aliphatic rings. The Morgan fingerprint density at radius 1 is 1.33 bits per heavy atom. The maximum absolute atomic E-state index is 11.6. The maximum Gasteiger partial charge on any atom is 0.220 e. The van der Waals surface area contributed by atoms with Crippen molar-refractivity contribution in [2.24, 2.45) is 5.73 Å². The summed E-state index contributed by atoms with van der Waals surface area (Å²) >= 11 is 3.32. The van der Waals surface area contributed by atoms with Crippen LogP contribution in [-0.4, -0.2) is 34.7 Å². The average Bonchev–Trinajstić information content (AvgIpc) is 2.71. The van der Waals surface area contributed by atoms with Crippen LogP contribution in [0.5, 0.6) is 0 Å². The molecular formula is C14H20N4OS2. The third-order valence-electron chi connectivity index (χ3n) is 3.14. The van der Waals surface area contributed by atoms with Gasteiger partial charge >= 0.3 is 0 Å². The van der Waals surface area contributed by atoms with Crippen LogP contribution in [0.15, 0.2) is 5.03 Å². The summed E-state index contributed by atoms with van der Waals surface area (Å²) in [5.74, 6) is 1.52. The number of fused-ring (bicyclic) bond motifs is 1. The summed E-state index contributed by atoms with van der Waals surface area (Å²) in [5, 5.41) is 4.89. The van der Waals surface area contributed by atoms with E-state index in [2.05, 4.69) is 29.1 Å². The van der Waals surface area contributed by atoms with Crippen molar-refractivity contribution < 1.29 is 4.79 Å². The maximum atomic E-state index is 11.6. The van der Waals surface area contributed by atoms with Crippen LogP contribution in [-0.2, 0) is 4.79 Å². The molecule has 0 radical (unpaired) electrons. The minimum absolute atomic E-state index is 0.0354. The van der Waals surface area contributed by atoms with Gasteiger partial charge in [-0.1, -0.05) is 0 Å². The Hall–Kier alpha value is -1.18. The summed E-state index contributed by atoms with van der Waals surface area (Å²) < 4.78 is 0. The number of thiophene rings is 1. The highest BCUT2D eigenvalue weighted by molar-refractivity contribution is 7.99. The third-order valence-corrected chi connectivity index (χ3v) is 5.22. The van der Waals surface area contributed by atoms with Crippen LogP contribution in [0.4, 0.5) is 0 Å². The summed E-state index contributed by atoms with van der Waals surface area (Å²) in [7, 11) is 0. The average molecular weight is 324 g/mol. The van der Waals surface area contributed by atoms with Crippen molar-refractivity contribution in [1.29, 1.82) is 0 Å². The van der Waals surface area contributed by atoms with Crippen LogP contribution >= 0.6 is 23.1 Å². The molecule has 0 atom stereocenters. The van der Waals surface area contributed by atoms with E-state index < -0.39 is 0 Å². The molecule has 0 aromatic carbocycles. The molecule has 0 aliphatic heterocycles. The zero-order valence-electron chi connectivity index (χ0n) is 12.5. The molecule has 0 fully saturated rings. The summed E-state index contributed by atoms with van der Waals surface area (Å²) in [4.78, 5) is 22.9. The Bertz CT molecular complexity index is 654. The first-order valence-corrected chi connectivity index (χ1v) is 8.67. The van der Waals surface area contributed by atoms with Gasteiger partial charge in [-0.05, 0) is 26.3 Å². The second-order valence-electron chi connectivity index (χ2n) is 4.78. The fourth-order valence-electron chi connectivity index (χ4n) is 1.96. The number of thioether (sulfide) groups is 1. The number of hydrogen-bond acceptors (Lipinski definition) is 6. The fraction of sp³-hybridized carbons (Fsp3) is 0.500. The first-order valence-electron chi connectivity index (χ1n) is 6.86. The van der Waals surface area contributed by atoms with E-state index in [1.54, 1.807) is 23.1 Å². The first-order chi connectivity index (χ1) is 10.0. The van der Waals surface area contributed by atoms with Crippen LogP contribution in [0.1, 0.15) is 22.7 Å². The van der Waals surface area contributed by atoms with Gasteiger partial charge in [-0.3, -0.25) is 4.79 Å². The summed E-state index contributed by atoms with van der Waals surface area (Å²) in [6.07, 6.45) is 0.470. The Balaban J connectivity index is 2.09. The fourth-order valence-corrected chi connectivity index (χ4v) is 4.17. The van der Waals surface area contributed by atoms with Gasteiger partial charge in [-0.25, -0.2) is 9.97 Å². The van der Waals surface area contributed by atoms with Crippen molar-refractivity contribution in [2.45, 2.75) is 32.2 Å². The molecule has 2 aromatic heterocycles. The minimum atomic E-state index is 0.0354. The Morgan fingerprint density at radius 3 is 2.81 bits per heavy atom.